The van der Waals surface area contributed by atoms with Crippen LogP contribution < -0.4 is 0 Å². The van der Waals surface area contributed by atoms with Gasteiger partial charge in [0.1, 0.15) is 0 Å². The van der Waals surface area contributed by atoms with Gasteiger partial charge in [0.2, 0.25) is 0 Å². The second-order valence-corrected chi connectivity index (χ2v) is 4.93. The molecule has 2 aromatic rings. The fourth-order valence-corrected chi connectivity index (χ4v) is 2.16. The second kappa shape index (κ2) is 6.27. The number of benzene rings is 2. The number of amides is 1. The van der Waals surface area contributed by atoms with Gasteiger partial charge < -0.3 is 9.64 Å². The number of hydrogen-bond donors (Lipinski definition) is 0. The minimum Gasteiger partial charge on any atom is -0.429 e. The van der Waals surface area contributed by atoms with Crippen LogP contribution in [-0.2, 0) is 10.3 Å². The van der Waals surface area contributed by atoms with Crippen molar-refractivity contribution in [2.24, 2.45) is 0 Å². The van der Waals surface area contributed by atoms with E-state index in [0.29, 0.717) is 0 Å². The molecule has 0 unspecified atom stereocenters. The van der Waals surface area contributed by atoms with Crippen molar-refractivity contribution in [3.63, 3.8) is 0 Å². The van der Waals surface area contributed by atoms with Gasteiger partial charge in [-0.3, -0.25) is 0 Å². The van der Waals surface area contributed by atoms with Crippen LogP contribution in [0.2, 0.25) is 0 Å². The first-order valence-electron chi connectivity index (χ1n) is 6.75. The molecule has 0 heterocycles. The fourth-order valence-electron chi connectivity index (χ4n) is 2.16. The summed E-state index contributed by atoms with van der Waals surface area (Å²) < 4.78 is 5.79. The summed E-state index contributed by atoms with van der Waals surface area (Å²) in [6.45, 7) is 3.90. The number of rotatable bonds is 4. The van der Waals surface area contributed by atoms with E-state index >= 15 is 0 Å². The molecular weight excluding hydrogens is 262 g/mol. The third kappa shape index (κ3) is 2.97. The summed E-state index contributed by atoms with van der Waals surface area (Å²) >= 11 is 0. The fraction of sp³-hybridized carbons (Fsp3) is 0.167. The summed E-state index contributed by atoms with van der Waals surface area (Å²) in [6, 6.07) is 19.2. The van der Waals surface area contributed by atoms with E-state index < -0.39 is 11.7 Å². The average Bonchev–Trinajstić information content (AvgIpc) is 2.54. The van der Waals surface area contributed by atoms with Crippen molar-refractivity contribution in [1.29, 1.82) is 0 Å². The van der Waals surface area contributed by atoms with Crippen molar-refractivity contribution in [2.45, 2.75) is 5.60 Å². The van der Waals surface area contributed by atoms with E-state index in [-0.39, 0.29) is 0 Å². The minimum absolute atomic E-state index is 0.414. The molecule has 0 aliphatic carbocycles. The zero-order chi connectivity index (χ0) is 15.3. The molecule has 108 valence electrons. The molecule has 0 bridgehead atoms. The molecule has 2 aromatic carbocycles. The van der Waals surface area contributed by atoms with Crippen LogP contribution in [-0.4, -0.2) is 25.1 Å². The van der Waals surface area contributed by atoms with Crippen molar-refractivity contribution < 1.29 is 9.53 Å². The van der Waals surface area contributed by atoms with Crippen LogP contribution in [0.15, 0.2) is 73.3 Å². The second-order valence-electron chi connectivity index (χ2n) is 4.93. The number of hydrogen-bond acceptors (Lipinski definition) is 2. The molecule has 0 aliphatic heterocycles. The highest BCUT2D eigenvalue weighted by Crippen LogP contribution is 2.35. The Morgan fingerprint density at radius 2 is 1.43 bits per heavy atom. The SMILES string of the molecule is C=CC(OC(=O)N(C)C)(c1ccccc1)c1ccccc1. The van der Waals surface area contributed by atoms with Crippen molar-refractivity contribution in [1.82, 2.24) is 4.90 Å². The smallest absolute Gasteiger partial charge is 0.410 e. The lowest BCUT2D eigenvalue weighted by molar-refractivity contribution is 0.0512. The average molecular weight is 281 g/mol. The Labute approximate surface area is 125 Å². The Hall–Kier alpha value is -2.55. The highest BCUT2D eigenvalue weighted by atomic mass is 16.6. The maximum absolute atomic E-state index is 12.1. The van der Waals surface area contributed by atoms with E-state index in [1.165, 1.54) is 4.90 Å². The van der Waals surface area contributed by atoms with Gasteiger partial charge in [-0.1, -0.05) is 67.2 Å². The van der Waals surface area contributed by atoms with Gasteiger partial charge in [0.25, 0.3) is 0 Å². The highest BCUT2D eigenvalue weighted by molar-refractivity contribution is 5.69. The van der Waals surface area contributed by atoms with Crippen LogP contribution >= 0.6 is 0 Å². The Morgan fingerprint density at radius 1 is 1.00 bits per heavy atom. The lowest BCUT2D eigenvalue weighted by Crippen LogP contribution is -2.36. The summed E-state index contributed by atoms with van der Waals surface area (Å²) in [7, 11) is 3.32. The first kappa shape index (κ1) is 14.9. The maximum atomic E-state index is 12.1. The molecule has 3 nitrogen and oxygen atoms in total. The number of ether oxygens (including phenoxy) is 1. The van der Waals surface area contributed by atoms with E-state index in [1.54, 1.807) is 20.2 Å². The number of carbonyl (C=O) groups is 1. The molecule has 3 heteroatoms. The molecule has 21 heavy (non-hydrogen) atoms. The van der Waals surface area contributed by atoms with E-state index in [4.69, 9.17) is 4.74 Å². The molecule has 0 N–H and O–H groups in total. The lowest BCUT2D eigenvalue weighted by atomic mass is 9.86. The standard InChI is InChI=1S/C18H19NO2/c1-4-18(21-17(20)19(2)3,15-11-7-5-8-12-15)16-13-9-6-10-14-16/h4-14H,1H2,2-3H3. The normalized spacial score (nSPS) is 10.8. The Balaban J connectivity index is 2.57. The topological polar surface area (TPSA) is 29.5 Å². The summed E-state index contributed by atoms with van der Waals surface area (Å²) in [5.74, 6) is 0. The Bertz CT molecular complexity index is 566. The molecule has 0 atom stereocenters. The van der Waals surface area contributed by atoms with Crippen LogP contribution in [0.3, 0.4) is 0 Å². The molecule has 1 amide bonds. The molecule has 0 saturated heterocycles. The minimum atomic E-state index is -0.996. The molecule has 0 aliphatic rings. The predicted octanol–water partition coefficient (Wildman–Crippen LogP) is 3.81. The van der Waals surface area contributed by atoms with E-state index in [1.807, 2.05) is 60.7 Å². The van der Waals surface area contributed by atoms with Crippen molar-refractivity contribution >= 4 is 6.09 Å². The third-order valence-electron chi connectivity index (χ3n) is 3.31. The van der Waals surface area contributed by atoms with Gasteiger partial charge in [0.05, 0.1) is 0 Å². The Morgan fingerprint density at radius 3 is 1.76 bits per heavy atom. The van der Waals surface area contributed by atoms with Crippen molar-refractivity contribution in [3.05, 3.63) is 84.4 Å². The molecule has 0 saturated carbocycles. The first-order valence-corrected chi connectivity index (χ1v) is 6.75. The lowest BCUT2D eigenvalue weighted by Gasteiger charge is -2.32. The summed E-state index contributed by atoms with van der Waals surface area (Å²) in [6.07, 6.45) is 1.25. The highest BCUT2D eigenvalue weighted by Gasteiger charge is 2.35. The first-order chi connectivity index (χ1) is 10.1. The van der Waals surface area contributed by atoms with Gasteiger partial charge >= 0.3 is 6.09 Å². The van der Waals surface area contributed by atoms with Crippen LogP contribution in [0.5, 0.6) is 0 Å². The summed E-state index contributed by atoms with van der Waals surface area (Å²) in [4.78, 5) is 13.5. The van der Waals surface area contributed by atoms with Crippen LogP contribution in [0.25, 0.3) is 0 Å². The van der Waals surface area contributed by atoms with E-state index in [2.05, 4.69) is 6.58 Å². The van der Waals surface area contributed by atoms with Crippen LogP contribution in [0.1, 0.15) is 11.1 Å². The molecule has 0 fully saturated rings. The van der Waals surface area contributed by atoms with Gasteiger partial charge in [-0.25, -0.2) is 4.79 Å². The van der Waals surface area contributed by atoms with Crippen molar-refractivity contribution in [3.8, 4) is 0 Å². The zero-order valence-electron chi connectivity index (χ0n) is 12.3. The monoisotopic (exact) mass is 281 g/mol. The molecule has 2 rings (SSSR count). The van der Waals surface area contributed by atoms with Gasteiger partial charge in [-0.2, -0.15) is 0 Å². The van der Waals surface area contributed by atoms with Crippen molar-refractivity contribution in [2.75, 3.05) is 14.1 Å². The summed E-state index contributed by atoms with van der Waals surface area (Å²) in [5, 5.41) is 0. The van der Waals surface area contributed by atoms with E-state index in [0.717, 1.165) is 11.1 Å². The molecule has 0 radical (unpaired) electrons. The molecule has 0 spiro atoms. The van der Waals surface area contributed by atoms with Gasteiger partial charge in [-0.05, 0) is 6.08 Å². The predicted molar refractivity (Wildman–Crippen MR) is 84.0 cm³/mol. The van der Waals surface area contributed by atoms with E-state index in [9.17, 15) is 4.79 Å². The van der Waals surface area contributed by atoms with Gasteiger partial charge in [-0.15, -0.1) is 0 Å². The quantitative estimate of drug-likeness (QED) is 0.797. The van der Waals surface area contributed by atoms with Gasteiger partial charge in [0.15, 0.2) is 5.60 Å². The largest absolute Gasteiger partial charge is 0.429 e. The van der Waals surface area contributed by atoms with Gasteiger partial charge in [0, 0.05) is 25.2 Å². The molecule has 0 aromatic heterocycles. The third-order valence-corrected chi connectivity index (χ3v) is 3.31. The van der Waals surface area contributed by atoms with Crippen LogP contribution in [0.4, 0.5) is 4.79 Å². The Kier molecular flexibility index (Phi) is 4.43. The number of nitrogens with zero attached hydrogens (tertiary/aromatic N) is 1. The van der Waals surface area contributed by atoms with Crippen LogP contribution in [0, 0.1) is 0 Å². The summed E-state index contributed by atoms with van der Waals surface area (Å²) in [5.41, 5.74) is 0.729. The number of carbonyl (C=O) groups excluding carboxylic acids is 1. The molecular formula is C18H19NO2. The zero-order valence-corrected chi connectivity index (χ0v) is 12.3. The maximum Gasteiger partial charge on any atom is 0.410 e.